The quantitative estimate of drug-likeness (QED) is 0.887. The molecular formula is C14H19Cl2N5O. The van der Waals surface area contributed by atoms with E-state index in [-0.39, 0.29) is 36.8 Å². The summed E-state index contributed by atoms with van der Waals surface area (Å²) in [7, 11) is 0. The number of aromatic nitrogens is 3. The molecule has 1 atom stereocenters. The van der Waals surface area contributed by atoms with Crippen LogP contribution in [0.1, 0.15) is 23.3 Å². The van der Waals surface area contributed by atoms with Crippen LogP contribution in [0.15, 0.2) is 36.7 Å². The molecule has 1 unspecified atom stereocenters. The standard InChI is InChI=1S/C14H17N5O.2ClH/c20-14(17-11-4-2-7-15-10-11)12-5-1-6-13(18-12)19-9-3-8-16-19;;/h1,3,5-6,8-9,11,15H,2,4,7,10H2,(H,17,20);2*1H. The number of carbonyl (C=O) groups is 1. The maximum Gasteiger partial charge on any atom is 0.270 e. The summed E-state index contributed by atoms with van der Waals surface area (Å²) in [4.78, 5) is 16.6. The van der Waals surface area contributed by atoms with Crippen molar-refractivity contribution < 1.29 is 4.79 Å². The van der Waals surface area contributed by atoms with E-state index in [4.69, 9.17) is 0 Å². The van der Waals surface area contributed by atoms with Gasteiger partial charge in [0.1, 0.15) is 5.69 Å². The molecule has 0 radical (unpaired) electrons. The number of hydrogen-bond acceptors (Lipinski definition) is 4. The van der Waals surface area contributed by atoms with Gasteiger partial charge in [-0.05, 0) is 37.6 Å². The second-order valence-corrected chi connectivity index (χ2v) is 4.85. The lowest BCUT2D eigenvalue weighted by Crippen LogP contribution is -2.45. The van der Waals surface area contributed by atoms with Crippen LogP contribution in [-0.4, -0.2) is 39.8 Å². The minimum absolute atomic E-state index is 0. The lowest BCUT2D eigenvalue weighted by molar-refractivity contribution is 0.0925. The van der Waals surface area contributed by atoms with Crippen LogP contribution in [0.4, 0.5) is 0 Å². The third-order valence-corrected chi connectivity index (χ3v) is 3.34. The zero-order valence-corrected chi connectivity index (χ0v) is 13.6. The third kappa shape index (κ3) is 4.43. The Balaban J connectivity index is 0.00000121. The van der Waals surface area contributed by atoms with Gasteiger partial charge in [-0.1, -0.05) is 6.07 Å². The van der Waals surface area contributed by atoms with Crippen LogP contribution in [0, 0.1) is 0 Å². The Bertz CT molecular complexity index is 585. The average molecular weight is 344 g/mol. The molecule has 2 N–H and O–H groups in total. The number of amides is 1. The van der Waals surface area contributed by atoms with Gasteiger partial charge in [-0.15, -0.1) is 24.8 Å². The number of nitrogens with zero attached hydrogens (tertiary/aromatic N) is 3. The first-order valence-corrected chi connectivity index (χ1v) is 6.81. The maximum atomic E-state index is 12.2. The summed E-state index contributed by atoms with van der Waals surface area (Å²) in [5, 5.41) is 10.4. The van der Waals surface area contributed by atoms with Crippen molar-refractivity contribution in [3.63, 3.8) is 0 Å². The molecule has 22 heavy (non-hydrogen) atoms. The number of hydrogen-bond donors (Lipinski definition) is 2. The second kappa shape index (κ2) is 8.73. The molecule has 0 saturated carbocycles. The number of piperidine rings is 1. The van der Waals surface area contributed by atoms with Crippen molar-refractivity contribution in [2.75, 3.05) is 13.1 Å². The van der Waals surface area contributed by atoms with E-state index in [0.29, 0.717) is 11.5 Å². The molecule has 1 amide bonds. The fourth-order valence-corrected chi connectivity index (χ4v) is 2.32. The minimum Gasteiger partial charge on any atom is -0.347 e. The molecule has 1 saturated heterocycles. The molecule has 0 aromatic carbocycles. The van der Waals surface area contributed by atoms with E-state index >= 15 is 0 Å². The van der Waals surface area contributed by atoms with Crippen molar-refractivity contribution in [3.05, 3.63) is 42.4 Å². The smallest absolute Gasteiger partial charge is 0.270 e. The molecule has 6 nitrogen and oxygen atoms in total. The minimum atomic E-state index is -0.132. The Hall–Kier alpha value is -1.63. The highest BCUT2D eigenvalue weighted by Gasteiger charge is 2.17. The highest BCUT2D eigenvalue weighted by Crippen LogP contribution is 2.06. The lowest BCUT2D eigenvalue weighted by Gasteiger charge is -2.23. The monoisotopic (exact) mass is 343 g/mol. The summed E-state index contributed by atoms with van der Waals surface area (Å²) in [5.41, 5.74) is 0.420. The van der Waals surface area contributed by atoms with Crippen molar-refractivity contribution in [1.82, 2.24) is 25.4 Å². The van der Waals surface area contributed by atoms with E-state index in [1.54, 1.807) is 23.1 Å². The Morgan fingerprint density at radius 2 is 2.18 bits per heavy atom. The first-order chi connectivity index (χ1) is 9.83. The van der Waals surface area contributed by atoms with Gasteiger partial charge in [-0.25, -0.2) is 9.67 Å². The summed E-state index contributed by atoms with van der Waals surface area (Å²) in [5.74, 6) is 0.511. The Morgan fingerprint density at radius 1 is 1.32 bits per heavy atom. The number of rotatable bonds is 3. The Morgan fingerprint density at radius 3 is 2.86 bits per heavy atom. The lowest BCUT2D eigenvalue weighted by atomic mass is 10.1. The van der Waals surface area contributed by atoms with Crippen LogP contribution in [0.25, 0.3) is 5.82 Å². The van der Waals surface area contributed by atoms with Crippen molar-refractivity contribution in [2.24, 2.45) is 0 Å². The number of pyridine rings is 1. The first-order valence-electron chi connectivity index (χ1n) is 6.81. The fraction of sp³-hybridized carbons (Fsp3) is 0.357. The topological polar surface area (TPSA) is 71.8 Å². The van der Waals surface area contributed by atoms with Crippen molar-refractivity contribution >= 4 is 30.7 Å². The summed E-state index contributed by atoms with van der Waals surface area (Å²) < 4.78 is 1.64. The Kier molecular flexibility index (Phi) is 7.31. The molecule has 0 aliphatic carbocycles. The van der Waals surface area contributed by atoms with E-state index in [9.17, 15) is 4.79 Å². The third-order valence-electron chi connectivity index (χ3n) is 3.34. The molecule has 1 fully saturated rings. The van der Waals surface area contributed by atoms with E-state index in [1.807, 2.05) is 18.2 Å². The molecule has 1 aliphatic rings. The van der Waals surface area contributed by atoms with Gasteiger partial charge in [0.25, 0.3) is 5.91 Å². The summed E-state index contributed by atoms with van der Waals surface area (Å²) in [6.07, 6.45) is 5.58. The highest BCUT2D eigenvalue weighted by atomic mass is 35.5. The highest BCUT2D eigenvalue weighted by molar-refractivity contribution is 5.92. The second-order valence-electron chi connectivity index (χ2n) is 4.85. The van der Waals surface area contributed by atoms with Gasteiger partial charge >= 0.3 is 0 Å². The van der Waals surface area contributed by atoms with Crippen LogP contribution in [0.2, 0.25) is 0 Å². The van der Waals surface area contributed by atoms with Crippen LogP contribution in [0.5, 0.6) is 0 Å². The number of nitrogens with one attached hydrogen (secondary N) is 2. The van der Waals surface area contributed by atoms with E-state index < -0.39 is 0 Å². The van der Waals surface area contributed by atoms with E-state index in [1.165, 1.54) is 0 Å². The van der Waals surface area contributed by atoms with Gasteiger partial charge in [0.05, 0.1) is 0 Å². The molecule has 2 aromatic heterocycles. The van der Waals surface area contributed by atoms with E-state index in [0.717, 1.165) is 25.9 Å². The van der Waals surface area contributed by atoms with Gasteiger partial charge in [0.2, 0.25) is 0 Å². The van der Waals surface area contributed by atoms with Crippen molar-refractivity contribution in [1.29, 1.82) is 0 Å². The molecule has 0 spiro atoms. The molecule has 3 heterocycles. The zero-order valence-electron chi connectivity index (χ0n) is 11.9. The van der Waals surface area contributed by atoms with Gasteiger partial charge in [-0.3, -0.25) is 4.79 Å². The van der Waals surface area contributed by atoms with Crippen LogP contribution in [0.3, 0.4) is 0 Å². The summed E-state index contributed by atoms with van der Waals surface area (Å²) >= 11 is 0. The van der Waals surface area contributed by atoms with Crippen molar-refractivity contribution in [3.8, 4) is 5.82 Å². The molecule has 120 valence electrons. The fourth-order valence-electron chi connectivity index (χ4n) is 2.32. The molecular weight excluding hydrogens is 325 g/mol. The summed E-state index contributed by atoms with van der Waals surface area (Å²) in [6, 6.07) is 7.37. The van der Waals surface area contributed by atoms with Crippen LogP contribution < -0.4 is 10.6 Å². The maximum absolute atomic E-state index is 12.2. The van der Waals surface area contributed by atoms with Crippen molar-refractivity contribution in [2.45, 2.75) is 18.9 Å². The predicted molar refractivity (Wildman–Crippen MR) is 89.2 cm³/mol. The largest absolute Gasteiger partial charge is 0.347 e. The van der Waals surface area contributed by atoms with Gasteiger partial charge in [0.15, 0.2) is 5.82 Å². The normalized spacial score (nSPS) is 17.0. The Labute approximate surface area is 141 Å². The average Bonchev–Trinajstić information content (AvgIpc) is 3.03. The zero-order chi connectivity index (χ0) is 13.8. The predicted octanol–water partition coefficient (Wildman–Crippen LogP) is 1.59. The van der Waals surface area contributed by atoms with Crippen LogP contribution >= 0.6 is 24.8 Å². The molecule has 1 aliphatic heterocycles. The van der Waals surface area contributed by atoms with E-state index in [2.05, 4.69) is 20.7 Å². The van der Waals surface area contributed by atoms with Crippen LogP contribution in [-0.2, 0) is 0 Å². The van der Waals surface area contributed by atoms with Gasteiger partial charge in [0, 0.05) is 25.0 Å². The summed E-state index contributed by atoms with van der Waals surface area (Å²) in [6.45, 7) is 1.85. The SMILES string of the molecule is Cl.Cl.O=C(NC1CCCNC1)c1cccc(-n2cccn2)n1. The molecule has 0 bridgehead atoms. The molecule has 8 heteroatoms. The number of carbonyl (C=O) groups excluding carboxylic acids is 1. The van der Waals surface area contributed by atoms with Gasteiger partial charge < -0.3 is 10.6 Å². The van der Waals surface area contributed by atoms with Gasteiger partial charge in [-0.2, -0.15) is 5.10 Å². The first kappa shape index (κ1) is 18.4. The number of halogens is 2. The molecule has 2 aromatic rings. The molecule has 3 rings (SSSR count).